The second kappa shape index (κ2) is 9.33. The van der Waals surface area contributed by atoms with Crippen LogP contribution in [0, 0.1) is 5.92 Å². The van der Waals surface area contributed by atoms with Crippen LogP contribution in [0.2, 0.25) is 0 Å². The number of rotatable bonds is 8. The van der Waals surface area contributed by atoms with Gasteiger partial charge in [-0.05, 0) is 53.6 Å². The number of nitrogens with zero attached hydrogens (tertiary/aromatic N) is 1. The van der Waals surface area contributed by atoms with Gasteiger partial charge >= 0.3 is 0 Å². The summed E-state index contributed by atoms with van der Waals surface area (Å²) in [5.74, 6) is 0.997. The zero-order chi connectivity index (χ0) is 19.1. The topological polar surface area (TPSA) is 42.4 Å². The van der Waals surface area contributed by atoms with Crippen LogP contribution >= 0.6 is 0 Å². The minimum atomic E-state index is -0.529. The summed E-state index contributed by atoms with van der Waals surface area (Å²) in [7, 11) is 0. The average molecular weight is 361 g/mol. The van der Waals surface area contributed by atoms with Gasteiger partial charge in [0.05, 0.1) is 6.10 Å². The summed E-state index contributed by atoms with van der Waals surface area (Å²) < 4.78 is 6.15. The predicted molar refractivity (Wildman–Crippen MR) is 110 cm³/mol. The van der Waals surface area contributed by atoms with E-state index in [2.05, 4.69) is 43.1 Å². The fourth-order valence-electron chi connectivity index (χ4n) is 3.20. The quantitative estimate of drug-likeness (QED) is 0.604. The van der Waals surface area contributed by atoms with Crippen molar-refractivity contribution in [3.8, 4) is 16.9 Å². The number of aliphatic hydroxyl groups is 1. The predicted octanol–water partition coefficient (Wildman–Crippen LogP) is 5.15. The number of benzene rings is 2. The van der Waals surface area contributed by atoms with Crippen LogP contribution in [0.4, 0.5) is 0 Å². The maximum atomic E-state index is 10.7. The van der Waals surface area contributed by atoms with Gasteiger partial charge in [0.1, 0.15) is 11.9 Å². The van der Waals surface area contributed by atoms with Crippen LogP contribution in [0.5, 0.6) is 5.75 Å². The van der Waals surface area contributed by atoms with Crippen LogP contribution in [0.15, 0.2) is 79.1 Å². The third-order valence-electron chi connectivity index (χ3n) is 4.72. The number of pyridine rings is 1. The smallest absolute Gasteiger partial charge is 0.127 e. The Kier molecular flexibility index (Phi) is 6.61. The van der Waals surface area contributed by atoms with Crippen molar-refractivity contribution in [2.24, 2.45) is 5.92 Å². The van der Waals surface area contributed by atoms with Crippen molar-refractivity contribution >= 4 is 0 Å². The molecule has 0 fully saturated rings. The number of hydrogen-bond acceptors (Lipinski definition) is 3. The first-order valence-corrected chi connectivity index (χ1v) is 9.52. The summed E-state index contributed by atoms with van der Waals surface area (Å²) in [5, 5.41) is 10.7. The van der Waals surface area contributed by atoms with Crippen LogP contribution in [-0.2, 0) is 6.42 Å². The van der Waals surface area contributed by atoms with Crippen molar-refractivity contribution < 1.29 is 9.84 Å². The highest BCUT2D eigenvalue weighted by Gasteiger charge is 2.24. The highest BCUT2D eigenvalue weighted by molar-refractivity contribution is 5.63. The van der Waals surface area contributed by atoms with E-state index in [1.807, 2.05) is 48.7 Å². The number of aryl methyl sites for hydroxylation is 1. The molecule has 3 aromatic rings. The molecule has 140 valence electrons. The van der Waals surface area contributed by atoms with E-state index in [1.54, 1.807) is 6.20 Å². The van der Waals surface area contributed by atoms with Crippen molar-refractivity contribution in [1.82, 2.24) is 4.98 Å². The van der Waals surface area contributed by atoms with Gasteiger partial charge in [0.25, 0.3) is 0 Å². The molecule has 0 saturated heterocycles. The molecule has 0 aliphatic rings. The van der Waals surface area contributed by atoms with E-state index in [9.17, 15) is 5.11 Å². The Bertz CT molecular complexity index is 801. The molecular formula is C24H27NO2. The van der Waals surface area contributed by atoms with Crippen molar-refractivity contribution in [3.05, 3.63) is 84.7 Å². The van der Waals surface area contributed by atoms with Crippen LogP contribution in [0.3, 0.4) is 0 Å². The van der Waals surface area contributed by atoms with Gasteiger partial charge in [0.15, 0.2) is 0 Å². The number of ether oxygens (including phenoxy) is 1. The first-order valence-electron chi connectivity index (χ1n) is 9.52. The molecule has 0 radical (unpaired) electrons. The Morgan fingerprint density at radius 1 is 0.889 bits per heavy atom. The van der Waals surface area contributed by atoms with Crippen molar-refractivity contribution in [1.29, 1.82) is 0 Å². The van der Waals surface area contributed by atoms with Gasteiger partial charge in [-0.1, -0.05) is 62.4 Å². The molecule has 0 saturated carbocycles. The molecule has 3 heteroatoms. The van der Waals surface area contributed by atoms with E-state index in [-0.39, 0.29) is 12.0 Å². The summed E-state index contributed by atoms with van der Waals surface area (Å²) in [6, 6.07) is 22.3. The molecule has 0 bridgehead atoms. The fraction of sp³-hybridized carbons (Fsp3) is 0.292. The summed E-state index contributed by atoms with van der Waals surface area (Å²) in [5.41, 5.74) is 3.47. The van der Waals surface area contributed by atoms with E-state index in [0.717, 1.165) is 23.3 Å². The second-order valence-electron chi connectivity index (χ2n) is 7.18. The Balaban J connectivity index is 1.63. The molecule has 1 heterocycles. The minimum absolute atomic E-state index is 0.211. The fourth-order valence-corrected chi connectivity index (χ4v) is 3.20. The van der Waals surface area contributed by atoms with Gasteiger partial charge in [-0.25, -0.2) is 0 Å². The highest BCUT2D eigenvalue weighted by atomic mass is 16.5. The maximum absolute atomic E-state index is 10.7. The molecular weight excluding hydrogens is 334 g/mol. The number of hydrogen-bond donors (Lipinski definition) is 1. The third kappa shape index (κ3) is 5.41. The molecule has 27 heavy (non-hydrogen) atoms. The van der Waals surface area contributed by atoms with E-state index in [1.165, 1.54) is 5.56 Å². The van der Waals surface area contributed by atoms with E-state index < -0.39 is 6.10 Å². The maximum Gasteiger partial charge on any atom is 0.127 e. The van der Waals surface area contributed by atoms with Gasteiger partial charge in [-0.3, -0.25) is 4.98 Å². The standard InChI is InChI=1S/C24H27NO2/c1-18(2)24(23(26)15-10-19-7-6-16-25-17-19)27-22-13-11-21(12-14-22)20-8-4-3-5-9-20/h3-9,11-14,16-18,23-24,26H,10,15H2,1-2H3/t23-,24+/m1/s1. The summed E-state index contributed by atoms with van der Waals surface area (Å²) in [4.78, 5) is 4.13. The van der Waals surface area contributed by atoms with Crippen LogP contribution in [-0.4, -0.2) is 22.3 Å². The third-order valence-corrected chi connectivity index (χ3v) is 4.72. The van der Waals surface area contributed by atoms with Gasteiger partial charge in [0, 0.05) is 12.4 Å². The van der Waals surface area contributed by atoms with Gasteiger partial charge in [-0.2, -0.15) is 0 Å². The summed E-state index contributed by atoms with van der Waals surface area (Å²) in [6.07, 6.45) is 4.27. The van der Waals surface area contributed by atoms with Crippen molar-refractivity contribution in [2.45, 2.75) is 38.9 Å². The molecule has 1 N–H and O–H groups in total. The summed E-state index contributed by atoms with van der Waals surface area (Å²) >= 11 is 0. The van der Waals surface area contributed by atoms with E-state index in [0.29, 0.717) is 6.42 Å². The second-order valence-corrected chi connectivity index (χ2v) is 7.18. The Labute approximate surface area is 161 Å². The lowest BCUT2D eigenvalue weighted by Crippen LogP contribution is -2.36. The van der Waals surface area contributed by atoms with E-state index in [4.69, 9.17) is 4.74 Å². The average Bonchev–Trinajstić information content (AvgIpc) is 2.72. The molecule has 1 aromatic heterocycles. The normalized spacial score (nSPS) is 13.3. The molecule has 0 unspecified atom stereocenters. The lowest BCUT2D eigenvalue weighted by Gasteiger charge is -2.27. The number of aliphatic hydroxyl groups excluding tert-OH is 1. The SMILES string of the molecule is CC(C)[C@H](Oc1ccc(-c2ccccc2)cc1)[C@H](O)CCc1cccnc1. The number of aromatic nitrogens is 1. The van der Waals surface area contributed by atoms with Crippen molar-refractivity contribution in [2.75, 3.05) is 0 Å². The van der Waals surface area contributed by atoms with Gasteiger partial charge in [-0.15, -0.1) is 0 Å². The zero-order valence-electron chi connectivity index (χ0n) is 16.0. The first kappa shape index (κ1) is 19.1. The lowest BCUT2D eigenvalue weighted by atomic mass is 9.96. The highest BCUT2D eigenvalue weighted by Crippen LogP contribution is 2.25. The van der Waals surface area contributed by atoms with E-state index >= 15 is 0 Å². The molecule has 0 aliphatic heterocycles. The Morgan fingerprint density at radius 2 is 1.59 bits per heavy atom. The summed E-state index contributed by atoms with van der Waals surface area (Å²) in [6.45, 7) is 4.16. The molecule has 2 aromatic carbocycles. The van der Waals surface area contributed by atoms with Crippen LogP contribution < -0.4 is 4.74 Å². The first-order chi connectivity index (χ1) is 13.1. The van der Waals surface area contributed by atoms with Gasteiger partial charge < -0.3 is 9.84 Å². The molecule has 0 spiro atoms. The zero-order valence-corrected chi connectivity index (χ0v) is 16.0. The lowest BCUT2D eigenvalue weighted by molar-refractivity contribution is 0.00486. The van der Waals surface area contributed by atoms with Gasteiger partial charge in [0.2, 0.25) is 0 Å². The van der Waals surface area contributed by atoms with Crippen LogP contribution in [0.25, 0.3) is 11.1 Å². The molecule has 3 nitrogen and oxygen atoms in total. The molecule has 3 rings (SSSR count). The van der Waals surface area contributed by atoms with Crippen molar-refractivity contribution in [3.63, 3.8) is 0 Å². The monoisotopic (exact) mass is 361 g/mol. The molecule has 2 atom stereocenters. The molecule has 0 aliphatic carbocycles. The Morgan fingerprint density at radius 3 is 2.22 bits per heavy atom. The molecule has 0 amide bonds. The Hall–Kier alpha value is -2.65. The minimum Gasteiger partial charge on any atom is -0.487 e. The van der Waals surface area contributed by atoms with Crippen LogP contribution in [0.1, 0.15) is 25.8 Å². The largest absolute Gasteiger partial charge is 0.487 e.